The molecule has 21 heavy (non-hydrogen) atoms. The lowest BCUT2D eigenvalue weighted by Gasteiger charge is -2.34. The van der Waals surface area contributed by atoms with Crippen LogP contribution in [0.1, 0.15) is 55.8 Å². The van der Waals surface area contributed by atoms with E-state index in [-0.39, 0.29) is 0 Å². The van der Waals surface area contributed by atoms with Crippen molar-refractivity contribution in [1.82, 2.24) is 20.4 Å². The van der Waals surface area contributed by atoms with Crippen LogP contribution in [0.5, 0.6) is 0 Å². The van der Waals surface area contributed by atoms with E-state index in [0.29, 0.717) is 18.0 Å². The van der Waals surface area contributed by atoms with Crippen molar-refractivity contribution < 1.29 is 9.26 Å². The number of ether oxygens (including phenoxy) is 1. The van der Waals surface area contributed by atoms with Gasteiger partial charge in [-0.15, -0.1) is 0 Å². The Morgan fingerprint density at radius 3 is 2.86 bits per heavy atom. The molecule has 3 fully saturated rings. The van der Waals surface area contributed by atoms with E-state index in [1.807, 2.05) is 0 Å². The molecular formula is C15H24N4O2. The average Bonchev–Trinajstić information content (AvgIpc) is 3.27. The van der Waals surface area contributed by atoms with Gasteiger partial charge in [-0.1, -0.05) is 5.16 Å². The van der Waals surface area contributed by atoms with Gasteiger partial charge in [0.2, 0.25) is 5.89 Å². The Kier molecular flexibility index (Phi) is 3.92. The minimum absolute atomic E-state index is 0.330. The van der Waals surface area contributed by atoms with E-state index < -0.39 is 0 Å². The molecule has 0 radical (unpaired) electrons. The second-order valence-electron chi connectivity index (χ2n) is 6.43. The quantitative estimate of drug-likeness (QED) is 0.910. The number of rotatable bonds is 3. The molecular weight excluding hydrogens is 268 g/mol. The maximum atomic E-state index is 5.61. The van der Waals surface area contributed by atoms with Crippen molar-refractivity contribution in [2.24, 2.45) is 0 Å². The minimum atomic E-state index is 0.330. The summed E-state index contributed by atoms with van der Waals surface area (Å²) in [6.45, 7) is 4.98. The van der Waals surface area contributed by atoms with Crippen LogP contribution in [0.15, 0.2) is 4.52 Å². The first-order valence-electron chi connectivity index (χ1n) is 8.29. The van der Waals surface area contributed by atoms with Crippen molar-refractivity contribution in [3.8, 4) is 0 Å². The van der Waals surface area contributed by atoms with Crippen molar-refractivity contribution in [3.63, 3.8) is 0 Å². The molecule has 1 aromatic heterocycles. The third-order valence-electron chi connectivity index (χ3n) is 5.11. The first-order chi connectivity index (χ1) is 10.4. The maximum absolute atomic E-state index is 5.61. The van der Waals surface area contributed by atoms with Crippen LogP contribution >= 0.6 is 0 Å². The Morgan fingerprint density at radius 1 is 1.14 bits per heavy atom. The van der Waals surface area contributed by atoms with Crippen LogP contribution in [0.4, 0.5) is 0 Å². The van der Waals surface area contributed by atoms with Crippen LogP contribution in [0.3, 0.4) is 0 Å². The summed E-state index contributed by atoms with van der Waals surface area (Å²) in [5, 5.41) is 7.66. The number of likely N-dealkylation sites (tertiary alicyclic amines) is 1. The van der Waals surface area contributed by atoms with Gasteiger partial charge in [0.05, 0.1) is 12.6 Å². The highest BCUT2D eigenvalue weighted by Crippen LogP contribution is 2.35. The van der Waals surface area contributed by atoms with Gasteiger partial charge in [-0.2, -0.15) is 4.98 Å². The first kappa shape index (κ1) is 13.7. The molecule has 1 N–H and O–H groups in total. The molecule has 3 saturated heterocycles. The number of aromatic nitrogens is 2. The van der Waals surface area contributed by atoms with Gasteiger partial charge < -0.3 is 14.6 Å². The molecule has 0 bridgehead atoms. The van der Waals surface area contributed by atoms with E-state index in [0.717, 1.165) is 50.9 Å². The highest BCUT2D eigenvalue weighted by molar-refractivity contribution is 5.03. The molecule has 6 heteroatoms. The minimum Gasteiger partial charge on any atom is -0.381 e. The van der Waals surface area contributed by atoms with Gasteiger partial charge in [-0.3, -0.25) is 4.90 Å². The standard InChI is InChI=1S/C15H24N4O2/c1-2-13(19(8-1)12-3-6-16-7-4-12)15-17-14(18-21-15)11-5-9-20-10-11/h11-13,16H,1-10H2. The zero-order valence-electron chi connectivity index (χ0n) is 12.5. The summed E-state index contributed by atoms with van der Waals surface area (Å²) in [5.41, 5.74) is 0. The molecule has 4 heterocycles. The molecule has 3 aliphatic heterocycles. The molecule has 1 aromatic rings. The zero-order chi connectivity index (χ0) is 14.1. The molecule has 6 nitrogen and oxygen atoms in total. The fraction of sp³-hybridized carbons (Fsp3) is 0.867. The third-order valence-corrected chi connectivity index (χ3v) is 5.11. The van der Waals surface area contributed by atoms with Gasteiger partial charge in [0.25, 0.3) is 0 Å². The highest BCUT2D eigenvalue weighted by atomic mass is 16.5. The number of piperidine rings is 1. The molecule has 0 spiro atoms. The monoisotopic (exact) mass is 292 g/mol. The lowest BCUT2D eigenvalue weighted by Crippen LogP contribution is -2.42. The van der Waals surface area contributed by atoms with Crippen molar-refractivity contribution in [1.29, 1.82) is 0 Å². The van der Waals surface area contributed by atoms with Crippen molar-refractivity contribution in [2.75, 3.05) is 32.8 Å². The summed E-state index contributed by atoms with van der Waals surface area (Å²) in [5.74, 6) is 2.00. The van der Waals surface area contributed by atoms with E-state index >= 15 is 0 Å². The summed E-state index contributed by atoms with van der Waals surface area (Å²) in [4.78, 5) is 7.30. The SMILES string of the molecule is C1CC(c2nc(C3CCOC3)no2)N(C2CCNCC2)C1. The Hall–Kier alpha value is -0.980. The summed E-state index contributed by atoms with van der Waals surface area (Å²) in [6.07, 6.45) is 5.86. The smallest absolute Gasteiger partial charge is 0.244 e. The van der Waals surface area contributed by atoms with Crippen molar-refractivity contribution in [3.05, 3.63) is 11.7 Å². The molecule has 2 atom stereocenters. The molecule has 0 saturated carbocycles. The number of nitrogens with zero attached hydrogens (tertiary/aromatic N) is 3. The largest absolute Gasteiger partial charge is 0.381 e. The van der Waals surface area contributed by atoms with Crippen LogP contribution in [0, 0.1) is 0 Å². The lowest BCUT2D eigenvalue weighted by molar-refractivity contribution is 0.126. The van der Waals surface area contributed by atoms with E-state index in [2.05, 4.69) is 15.4 Å². The van der Waals surface area contributed by atoms with Gasteiger partial charge in [0.1, 0.15) is 0 Å². The molecule has 3 aliphatic rings. The highest BCUT2D eigenvalue weighted by Gasteiger charge is 2.36. The van der Waals surface area contributed by atoms with Crippen molar-refractivity contribution >= 4 is 0 Å². The molecule has 116 valence electrons. The van der Waals surface area contributed by atoms with Gasteiger partial charge in [0.15, 0.2) is 5.82 Å². The van der Waals surface area contributed by atoms with Crippen LogP contribution in [0.2, 0.25) is 0 Å². The fourth-order valence-electron chi connectivity index (χ4n) is 3.92. The predicted molar refractivity (Wildman–Crippen MR) is 77.0 cm³/mol. The summed E-state index contributed by atoms with van der Waals surface area (Å²) in [6, 6.07) is 1.00. The average molecular weight is 292 g/mol. The number of hydrogen-bond donors (Lipinski definition) is 1. The van der Waals surface area contributed by atoms with Gasteiger partial charge >= 0.3 is 0 Å². The van der Waals surface area contributed by atoms with Crippen LogP contribution in [-0.4, -0.2) is 53.9 Å². The number of nitrogens with one attached hydrogen (secondary N) is 1. The van der Waals surface area contributed by atoms with Crippen LogP contribution in [-0.2, 0) is 4.74 Å². The lowest BCUT2D eigenvalue weighted by atomic mass is 10.0. The van der Waals surface area contributed by atoms with Crippen molar-refractivity contribution in [2.45, 2.75) is 50.1 Å². The zero-order valence-corrected chi connectivity index (χ0v) is 12.5. The van der Waals surface area contributed by atoms with E-state index in [1.165, 1.54) is 25.8 Å². The summed E-state index contributed by atoms with van der Waals surface area (Å²) in [7, 11) is 0. The molecule has 4 rings (SSSR count). The summed E-state index contributed by atoms with van der Waals surface area (Å²) >= 11 is 0. The topological polar surface area (TPSA) is 63.4 Å². The van der Waals surface area contributed by atoms with Gasteiger partial charge in [-0.05, 0) is 51.7 Å². The normalized spacial score (nSPS) is 32.0. The molecule has 2 unspecified atom stereocenters. The van der Waals surface area contributed by atoms with E-state index in [9.17, 15) is 0 Å². The maximum Gasteiger partial charge on any atom is 0.244 e. The summed E-state index contributed by atoms with van der Waals surface area (Å²) < 4.78 is 11.0. The van der Waals surface area contributed by atoms with Gasteiger partial charge in [0, 0.05) is 18.6 Å². The predicted octanol–water partition coefficient (Wildman–Crippen LogP) is 1.46. The van der Waals surface area contributed by atoms with Crippen LogP contribution in [0.25, 0.3) is 0 Å². The molecule has 0 aliphatic carbocycles. The van der Waals surface area contributed by atoms with E-state index in [4.69, 9.17) is 14.2 Å². The number of hydrogen-bond acceptors (Lipinski definition) is 6. The Labute approximate surface area is 125 Å². The Morgan fingerprint density at radius 2 is 2.05 bits per heavy atom. The molecule has 0 aromatic carbocycles. The van der Waals surface area contributed by atoms with Gasteiger partial charge in [-0.25, -0.2) is 0 Å². The first-order valence-corrected chi connectivity index (χ1v) is 8.29. The Balaban J connectivity index is 1.48. The van der Waals surface area contributed by atoms with E-state index in [1.54, 1.807) is 0 Å². The van der Waals surface area contributed by atoms with Crippen LogP contribution < -0.4 is 5.32 Å². The third kappa shape index (κ3) is 2.72. The molecule has 0 amide bonds. The second kappa shape index (κ2) is 6.02. The Bertz CT molecular complexity index is 466. The fourth-order valence-corrected chi connectivity index (χ4v) is 3.92. The second-order valence-corrected chi connectivity index (χ2v) is 6.43.